The molecular weight excluding hydrogens is 275 g/mol. The van der Waals surface area contributed by atoms with Crippen molar-refractivity contribution in [1.29, 1.82) is 0 Å². The van der Waals surface area contributed by atoms with Gasteiger partial charge in [-0.3, -0.25) is 4.79 Å². The summed E-state index contributed by atoms with van der Waals surface area (Å²) in [6.45, 7) is 0.778. The van der Waals surface area contributed by atoms with E-state index >= 15 is 0 Å². The molecule has 1 heterocycles. The minimum Gasteiger partial charge on any atom is -0.480 e. The van der Waals surface area contributed by atoms with Gasteiger partial charge in [-0.15, -0.1) is 0 Å². The summed E-state index contributed by atoms with van der Waals surface area (Å²) in [5.74, 6) is -1.64. The SMILES string of the molecule is CN(C(=O)[C@@H]1CCCN1)[C@@H](Cc1ccc(F)cc1)C(=O)O. The number of aliphatic carboxylic acids is 1. The maximum Gasteiger partial charge on any atom is 0.326 e. The molecule has 0 saturated carbocycles. The molecule has 2 rings (SSSR count). The fraction of sp³-hybridized carbons (Fsp3) is 0.467. The molecule has 1 aliphatic heterocycles. The number of nitrogens with zero attached hydrogens (tertiary/aromatic N) is 1. The van der Waals surface area contributed by atoms with E-state index in [0.717, 1.165) is 19.4 Å². The first-order valence-electron chi connectivity index (χ1n) is 6.96. The van der Waals surface area contributed by atoms with Crippen molar-refractivity contribution in [1.82, 2.24) is 10.2 Å². The average Bonchev–Trinajstić information content (AvgIpc) is 2.99. The molecule has 0 bridgehead atoms. The van der Waals surface area contributed by atoms with Crippen LogP contribution in [0.15, 0.2) is 24.3 Å². The van der Waals surface area contributed by atoms with E-state index in [1.165, 1.54) is 36.2 Å². The zero-order chi connectivity index (χ0) is 15.4. The fourth-order valence-corrected chi connectivity index (χ4v) is 2.53. The van der Waals surface area contributed by atoms with Gasteiger partial charge >= 0.3 is 5.97 Å². The second-order valence-corrected chi connectivity index (χ2v) is 5.28. The van der Waals surface area contributed by atoms with Crippen LogP contribution in [-0.4, -0.2) is 47.6 Å². The third kappa shape index (κ3) is 3.78. The van der Waals surface area contributed by atoms with E-state index in [2.05, 4.69) is 5.32 Å². The van der Waals surface area contributed by atoms with Gasteiger partial charge in [0.05, 0.1) is 6.04 Å². The summed E-state index contributed by atoms with van der Waals surface area (Å²) in [6.07, 6.45) is 1.80. The van der Waals surface area contributed by atoms with Crippen LogP contribution in [-0.2, 0) is 16.0 Å². The number of amides is 1. The van der Waals surface area contributed by atoms with E-state index in [1.807, 2.05) is 0 Å². The largest absolute Gasteiger partial charge is 0.480 e. The van der Waals surface area contributed by atoms with Gasteiger partial charge in [-0.1, -0.05) is 12.1 Å². The summed E-state index contributed by atoms with van der Waals surface area (Å²) < 4.78 is 12.9. The molecule has 1 amide bonds. The number of carboxylic acid groups (broad SMARTS) is 1. The van der Waals surface area contributed by atoms with Crippen LogP contribution in [0.1, 0.15) is 18.4 Å². The van der Waals surface area contributed by atoms with Crippen molar-refractivity contribution in [2.75, 3.05) is 13.6 Å². The standard InChI is InChI=1S/C15H19FN2O3/c1-18(14(19)12-3-2-8-17-12)13(15(20)21)9-10-4-6-11(16)7-5-10/h4-7,12-13,17H,2-3,8-9H2,1H3,(H,20,21)/t12-,13-/m0/s1. The highest BCUT2D eigenvalue weighted by atomic mass is 19.1. The number of carbonyl (C=O) groups excluding carboxylic acids is 1. The Morgan fingerprint density at radius 2 is 2.10 bits per heavy atom. The van der Waals surface area contributed by atoms with Crippen molar-refractivity contribution in [2.24, 2.45) is 0 Å². The maximum atomic E-state index is 12.9. The van der Waals surface area contributed by atoms with E-state index < -0.39 is 12.0 Å². The molecule has 2 atom stereocenters. The monoisotopic (exact) mass is 294 g/mol. The van der Waals surface area contributed by atoms with E-state index in [1.54, 1.807) is 0 Å². The second-order valence-electron chi connectivity index (χ2n) is 5.28. The summed E-state index contributed by atoms with van der Waals surface area (Å²) >= 11 is 0. The molecule has 114 valence electrons. The Kier molecular flexibility index (Phi) is 4.90. The van der Waals surface area contributed by atoms with Gasteiger partial charge in [0, 0.05) is 13.5 Å². The lowest BCUT2D eigenvalue weighted by Crippen LogP contribution is -2.50. The molecule has 0 unspecified atom stereocenters. The third-order valence-electron chi connectivity index (χ3n) is 3.80. The number of benzene rings is 1. The van der Waals surface area contributed by atoms with Crippen LogP contribution in [0.2, 0.25) is 0 Å². The summed E-state index contributed by atoms with van der Waals surface area (Å²) in [7, 11) is 1.50. The number of hydrogen-bond donors (Lipinski definition) is 2. The van der Waals surface area contributed by atoms with Gasteiger partial charge in [-0.05, 0) is 37.1 Å². The first kappa shape index (κ1) is 15.4. The van der Waals surface area contributed by atoms with Crippen LogP contribution < -0.4 is 5.32 Å². The van der Waals surface area contributed by atoms with Gasteiger partial charge in [0.1, 0.15) is 11.9 Å². The van der Waals surface area contributed by atoms with Crippen molar-refractivity contribution in [3.05, 3.63) is 35.6 Å². The summed E-state index contributed by atoms with van der Waals surface area (Å²) in [5, 5.41) is 12.4. The highest BCUT2D eigenvalue weighted by Gasteiger charge is 2.32. The van der Waals surface area contributed by atoms with Crippen molar-refractivity contribution < 1.29 is 19.1 Å². The average molecular weight is 294 g/mol. The van der Waals surface area contributed by atoms with Crippen molar-refractivity contribution >= 4 is 11.9 Å². The second kappa shape index (κ2) is 6.67. The number of carbonyl (C=O) groups is 2. The molecule has 1 aromatic rings. The Morgan fingerprint density at radius 3 is 2.62 bits per heavy atom. The number of hydrogen-bond acceptors (Lipinski definition) is 3. The number of rotatable bonds is 5. The normalized spacial score (nSPS) is 19.2. The Bertz CT molecular complexity index is 512. The molecule has 5 nitrogen and oxygen atoms in total. The molecule has 2 N–H and O–H groups in total. The Balaban J connectivity index is 2.08. The van der Waals surface area contributed by atoms with Crippen LogP contribution in [0.4, 0.5) is 4.39 Å². The van der Waals surface area contributed by atoms with Crippen LogP contribution in [0.5, 0.6) is 0 Å². The number of carboxylic acids is 1. The predicted molar refractivity (Wildman–Crippen MR) is 75.3 cm³/mol. The Morgan fingerprint density at radius 1 is 1.43 bits per heavy atom. The van der Waals surface area contributed by atoms with E-state index in [9.17, 15) is 19.1 Å². The number of likely N-dealkylation sites (N-methyl/N-ethyl adjacent to an activating group) is 1. The summed E-state index contributed by atoms with van der Waals surface area (Å²) in [5.41, 5.74) is 0.683. The van der Waals surface area contributed by atoms with Gasteiger partial charge in [0.25, 0.3) is 0 Å². The molecule has 1 fully saturated rings. The summed E-state index contributed by atoms with van der Waals surface area (Å²) in [6, 6.07) is 4.40. The molecule has 6 heteroatoms. The highest BCUT2D eigenvalue weighted by molar-refractivity contribution is 5.87. The molecule has 1 aliphatic rings. The molecule has 0 radical (unpaired) electrons. The molecule has 0 aliphatic carbocycles. The molecule has 1 saturated heterocycles. The van der Waals surface area contributed by atoms with Crippen LogP contribution in [0.3, 0.4) is 0 Å². The minimum absolute atomic E-state index is 0.157. The molecular formula is C15H19FN2O3. The van der Waals surface area contributed by atoms with Gasteiger partial charge in [-0.25, -0.2) is 9.18 Å². The Labute approximate surface area is 122 Å². The summed E-state index contributed by atoms with van der Waals surface area (Å²) in [4.78, 5) is 25.0. The zero-order valence-corrected chi connectivity index (χ0v) is 11.9. The van der Waals surface area contributed by atoms with Crippen molar-refractivity contribution in [3.8, 4) is 0 Å². The molecule has 1 aromatic carbocycles. The quantitative estimate of drug-likeness (QED) is 0.851. The van der Waals surface area contributed by atoms with E-state index in [4.69, 9.17) is 0 Å². The van der Waals surface area contributed by atoms with E-state index in [0.29, 0.717) is 5.56 Å². The number of halogens is 1. The van der Waals surface area contributed by atoms with Gasteiger partial charge in [0.15, 0.2) is 0 Å². The number of nitrogens with one attached hydrogen (secondary N) is 1. The highest BCUT2D eigenvalue weighted by Crippen LogP contribution is 2.14. The lowest BCUT2D eigenvalue weighted by molar-refractivity contribution is -0.149. The smallest absolute Gasteiger partial charge is 0.326 e. The van der Waals surface area contributed by atoms with Crippen LogP contribution in [0.25, 0.3) is 0 Å². The predicted octanol–water partition coefficient (Wildman–Crippen LogP) is 1.03. The molecule has 21 heavy (non-hydrogen) atoms. The van der Waals surface area contributed by atoms with Crippen LogP contribution in [0, 0.1) is 5.82 Å². The van der Waals surface area contributed by atoms with Gasteiger partial charge in [0.2, 0.25) is 5.91 Å². The zero-order valence-electron chi connectivity index (χ0n) is 11.9. The lowest BCUT2D eigenvalue weighted by Gasteiger charge is -2.27. The maximum absolute atomic E-state index is 12.9. The van der Waals surface area contributed by atoms with Gasteiger partial charge < -0.3 is 15.3 Å². The van der Waals surface area contributed by atoms with E-state index in [-0.39, 0.29) is 24.2 Å². The molecule has 0 spiro atoms. The van der Waals surface area contributed by atoms with Crippen LogP contribution >= 0.6 is 0 Å². The van der Waals surface area contributed by atoms with Crippen molar-refractivity contribution in [3.63, 3.8) is 0 Å². The first-order valence-corrected chi connectivity index (χ1v) is 6.96. The minimum atomic E-state index is -1.06. The van der Waals surface area contributed by atoms with Gasteiger partial charge in [-0.2, -0.15) is 0 Å². The Hall–Kier alpha value is -1.95. The molecule has 0 aromatic heterocycles. The lowest BCUT2D eigenvalue weighted by atomic mass is 10.0. The topological polar surface area (TPSA) is 69.6 Å². The first-order chi connectivity index (χ1) is 9.99. The van der Waals surface area contributed by atoms with Crippen molar-refractivity contribution in [2.45, 2.75) is 31.3 Å². The third-order valence-corrected chi connectivity index (χ3v) is 3.80. The fourth-order valence-electron chi connectivity index (χ4n) is 2.53.